The van der Waals surface area contributed by atoms with Crippen molar-refractivity contribution in [1.82, 2.24) is 24.1 Å². The molecule has 1 amide bonds. The van der Waals surface area contributed by atoms with Gasteiger partial charge in [-0.25, -0.2) is 9.67 Å². The summed E-state index contributed by atoms with van der Waals surface area (Å²) in [6.07, 6.45) is 8.31. The third-order valence-electron chi connectivity index (χ3n) is 6.28. The first-order valence-electron chi connectivity index (χ1n) is 13.3. The average molecular weight is 561 g/mol. The Morgan fingerprint density at radius 1 is 1.12 bits per heavy atom. The normalized spacial score (nSPS) is 10.6. The maximum Gasteiger partial charge on any atom is 0.264 e. The number of nitrogens with zero attached hydrogens (tertiary/aromatic N) is 6. The van der Waals surface area contributed by atoms with Crippen LogP contribution >= 0.6 is 0 Å². The number of aryl methyl sites for hydroxylation is 3. The number of carbonyl (C=O) groups is 1. The molecule has 3 aromatic heterocycles. The van der Waals surface area contributed by atoms with Gasteiger partial charge < -0.3 is 11.5 Å². The predicted molar refractivity (Wildman–Crippen MR) is 167 cm³/mol. The van der Waals surface area contributed by atoms with Crippen LogP contribution in [-0.2, 0) is 20.5 Å². The second-order valence-corrected chi connectivity index (χ2v) is 9.37. The zero-order valence-electron chi connectivity index (χ0n) is 23.8. The summed E-state index contributed by atoms with van der Waals surface area (Å²) in [5.74, 6) is 6.05. The summed E-state index contributed by atoms with van der Waals surface area (Å²) in [5.41, 5.74) is 14.2. The molecule has 0 atom stereocenters. The topological polar surface area (TPSA) is 139 Å². The van der Waals surface area contributed by atoms with Crippen LogP contribution in [0.15, 0.2) is 89.4 Å². The van der Waals surface area contributed by atoms with Gasteiger partial charge in [-0.15, -0.1) is 0 Å². The molecule has 0 saturated heterocycles. The fourth-order valence-corrected chi connectivity index (χ4v) is 4.49. The van der Waals surface area contributed by atoms with Crippen molar-refractivity contribution in [2.75, 3.05) is 5.73 Å². The van der Waals surface area contributed by atoms with Crippen molar-refractivity contribution in [3.05, 3.63) is 112 Å². The van der Waals surface area contributed by atoms with Gasteiger partial charge in [0, 0.05) is 43.5 Å². The van der Waals surface area contributed by atoms with Gasteiger partial charge in [0.2, 0.25) is 0 Å². The third kappa shape index (κ3) is 6.37. The lowest BCUT2D eigenvalue weighted by atomic mass is 10.0. The number of benzene rings is 2. The van der Waals surface area contributed by atoms with E-state index < -0.39 is 5.91 Å². The Labute approximate surface area is 243 Å². The van der Waals surface area contributed by atoms with E-state index in [0.29, 0.717) is 11.2 Å². The smallest absolute Gasteiger partial charge is 0.264 e. The molecule has 0 spiro atoms. The lowest BCUT2D eigenvalue weighted by molar-refractivity contribution is 0.100. The van der Waals surface area contributed by atoms with Crippen LogP contribution in [0.4, 0.5) is 11.6 Å². The number of nitrogens with two attached hydrogens (primary N) is 2. The van der Waals surface area contributed by atoms with Gasteiger partial charge in [-0.1, -0.05) is 68.2 Å². The summed E-state index contributed by atoms with van der Waals surface area (Å²) < 4.78 is 4.92. The van der Waals surface area contributed by atoms with Crippen molar-refractivity contribution in [1.29, 1.82) is 0 Å². The Balaban J connectivity index is 0.000000244. The molecule has 0 fully saturated rings. The van der Waals surface area contributed by atoms with Crippen LogP contribution in [0, 0.1) is 11.8 Å². The molecule has 0 aliphatic heterocycles. The number of primary amides is 1. The molecule has 0 bridgehead atoms. The number of allylic oxidation sites excluding steroid dienone is 1. The Morgan fingerprint density at radius 2 is 1.88 bits per heavy atom. The minimum absolute atomic E-state index is 0.0248. The van der Waals surface area contributed by atoms with Crippen molar-refractivity contribution in [3.63, 3.8) is 0 Å². The van der Waals surface area contributed by atoms with Crippen LogP contribution in [0.3, 0.4) is 0 Å². The molecular formula is C32H32N8O2. The number of para-hydroxylation sites is 1. The fraction of sp³-hybridized carbons (Fsp3) is 0.156. The van der Waals surface area contributed by atoms with E-state index in [1.54, 1.807) is 17.9 Å². The molecule has 0 aliphatic carbocycles. The summed E-state index contributed by atoms with van der Waals surface area (Å²) >= 11 is 0. The maximum absolute atomic E-state index is 13.5. The molecule has 0 unspecified atom stereocenters. The second-order valence-electron chi connectivity index (χ2n) is 9.37. The van der Waals surface area contributed by atoms with Gasteiger partial charge in [-0.3, -0.25) is 18.8 Å². The molecule has 0 saturated carbocycles. The Hall–Kier alpha value is -5.69. The van der Waals surface area contributed by atoms with Crippen molar-refractivity contribution in [2.24, 2.45) is 24.8 Å². The number of nitrogen functional groups attached to an aromatic ring is 1. The van der Waals surface area contributed by atoms with E-state index in [-0.39, 0.29) is 16.9 Å². The largest absolute Gasteiger partial charge is 0.381 e. The summed E-state index contributed by atoms with van der Waals surface area (Å²) in [4.78, 5) is 28.5. The van der Waals surface area contributed by atoms with E-state index in [4.69, 9.17) is 11.5 Å². The van der Waals surface area contributed by atoms with Crippen LogP contribution in [0.1, 0.15) is 40.5 Å². The quantitative estimate of drug-likeness (QED) is 0.238. The lowest BCUT2D eigenvalue weighted by Crippen LogP contribution is -2.22. The SMILES string of the molecule is C=C/C=N\c1c(C(N)=O)c(N)nn1C.CCCc1cc2cccc(C#Cc3cnn(C)c3)c2c(=O)n1-c1ccccc1. The molecule has 5 aromatic rings. The van der Waals surface area contributed by atoms with E-state index in [0.717, 1.165) is 40.7 Å². The fourth-order valence-electron chi connectivity index (χ4n) is 4.49. The lowest BCUT2D eigenvalue weighted by Gasteiger charge is -2.15. The van der Waals surface area contributed by atoms with Crippen LogP contribution < -0.4 is 17.0 Å². The summed E-state index contributed by atoms with van der Waals surface area (Å²) in [5, 5.41) is 9.56. The highest BCUT2D eigenvalue weighted by atomic mass is 16.1. The second kappa shape index (κ2) is 13.1. The molecule has 10 nitrogen and oxygen atoms in total. The number of hydrogen-bond acceptors (Lipinski definition) is 6. The first-order chi connectivity index (χ1) is 20.2. The van der Waals surface area contributed by atoms with Gasteiger partial charge in [0.05, 0.1) is 17.1 Å². The first kappa shape index (κ1) is 29.3. The van der Waals surface area contributed by atoms with E-state index in [1.165, 1.54) is 17.0 Å². The first-order valence-corrected chi connectivity index (χ1v) is 13.3. The van der Waals surface area contributed by atoms with Gasteiger partial charge in [0.1, 0.15) is 5.56 Å². The molecule has 212 valence electrons. The van der Waals surface area contributed by atoms with Crippen LogP contribution in [0.25, 0.3) is 16.5 Å². The molecule has 5 rings (SSSR count). The highest BCUT2D eigenvalue weighted by molar-refractivity contribution is 6.02. The number of anilines is 1. The van der Waals surface area contributed by atoms with E-state index >= 15 is 0 Å². The van der Waals surface area contributed by atoms with Gasteiger partial charge >= 0.3 is 0 Å². The zero-order valence-corrected chi connectivity index (χ0v) is 23.8. The van der Waals surface area contributed by atoms with Crippen molar-refractivity contribution in [3.8, 4) is 17.5 Å². The summed E-state index contributed by atoms with van der Waals surface area (Å²) in [7, 11) is 3.48. The average Bonchev–Trinajstić information content (AvgIpc) is 3.52. The molecular weight excluding hydrogens is 528 g/mol. The highest BCUT2D eigenvalue weighted by Crippen LogP contribution is 2.23. The minimum atomic E-state index is -0.646. The number of carbonyl (C=O) groups excluding carboxylic acids is 1. The van der Waals surface area contributed by atoms with E-state index in [2.05, 4.69) is 46.6 Å². The predicted octanol–water partition coefficient (Wildman–Crippen LogP) is 4.07. The van der Waals surface area contributed by atoms with Crippen LogP contribution in [-0.4, -0.2) is 36.2 Å². The van der Waals surface area contributed by atoms with Gasteiger partial charge in [0.15, 0.2) is 11.6 Å². The van der Waals surface area contributed by atoms with E-state index in [9.17, 15) is 9.59 Å². The number of amides is 1. The number of aliphatic imine (C=N–C) groups is 1. The third-order valence-corrected chi connectivity index (χ3v) is 6.28. The molecule has 0 radical (unpaired) electrons. The number of aromatic nitrogens is 5. The van der Waals surface area contributed by atoms with Gasteiger partial charge in [0.25, 0.3) is 11.5 Å². The van der Waals surface area contributed by atoms with Crippen LogP contribution in [0.5, 0.6) is 0 Å². The van der Waals surface area contributed by atoms with Gasteiger partial charge in [-0.2, -0.15) is 10.2 Å². The molecule has 0 aliphatic rings. The number of pyridine rings is 1. The van der Waals surface area contributed by atoms with Crippen molar-refractivity contribution in [2.45, 2.75) is 19.8 Å². The minimum Gasteiger partial charge on any atom is -0.381 e. The number of hydrogen-bond donors (Lipinski definition) is 2. The molecule has 2 aromatic carbocycles. The molecule has 10 heteroatoms. The maximum atomic E-state index is 13.5. The van der Waals surface area contributed by atoms with Crippen molar-refractivity contribution < 1.29 is 4.79 Å². The van der Waals surface area contributed by atoms with Gasteiger partial charge in [-0.05, 0) is 36.1 Å². The number of rotatable bonds is 6. The molecule has 42 heavy (non-hydrogen) atoms. The molecule has 4 N–H and O–H groups in total. The Morgan fingerprint density at radius 3 is 2.52 bits per heavy atom. The number of fused-ring (bicyclic) bond motifs is 1. The highest BCUT2D eigenvalue weighted by Gasteiger charge is 2.17. The summed E-state index contributed by atoms with van der Waals surface area (Å²) in [6, 6.07) is 17.8. The summed E-state index contributed by atoms with van der Waals surface area (Å²) in [6.45, 7) is 5.59. The monoisotopic (exact) mass is 560 g/mol. The Bertz CT molecular complexity index is 1900. The van der Waals surface area contributed by atoms with Crippen LogP contribution in [0.2, 0.25) is 0 Å². The Kier molecular flexibility index (Phi) is 9.14. The van der Waals surface area contributed by atoms with E-state index in [1.807, 2.05) is 66.3 Å². The zero-order chi connectivity index (χ0) is 30.2. The van der Waals surface area contributed by atoms with Crippen molar-refractivity contribution >= 4 is 34.5 Å². The standard InChI is InChI=1S/C24H21N3O.C8H11N5O/c1-3-8-22-15-20-10-7-9-19(14-13-18-16-25-26(2)17-18)23(20)24(28)27(22)21-11-5-4-6-12-21;1-3-4-11-8-5(7(10)14)6(9)12-13(8)2/h4-7,9-12,15-17H,3,8H2,1-2H3;3-4H,1H2,2H3,(H2,9,12)(H2,10,14)/b;11-4-. The molecule has 3 heterocycles.